The molecule has 0 unspecified atom stereocenters. The van der Waals surface area contributed by atoms with Crippen molar-refractivity contribution in [1.82, 2.24) is 10.6 Å². The van der Waals surface area contributed by atoms with Crippen molar-refractivity contribution in [2.45, 2.75) is 0 Å². The first-order chi connectivity index (χ1) is 6.20. The molecule has 0 aliphatic carbocycles. The molecule has 2 amide bonds. The first-order valence-electron chi connectivity index (χ1n) is 3.50. The molecule has 0 heterocycles. The zero-order valence-corrected chi connectivity index (χ0v) is 7.19. The summed E-state index contributed by atoms with van der Waals surface area (Å²) in [5.74, 6) is -0.00695. The van der Waals surface area contributed by atoms with Gasteiger partial charge >= 0.3 is 6.03 Å². The number of hydrogen-bond acceptors (Lipinski definition) is 3. The molecule has 0 aliphatic rings. The minimum absolute atomic E-state index is 0.00695. The fraction of sp³-hybridized carbons (Fsp3) is 0.600. The monoisotopic (exact) mass is 185 g/mol. The molecule has 0 radical (unpaired) electrons. The third-order valence-electron chi connectivity index (χ3n) is 1.01. The minimum Gasteiger partial charge on any atom is -0.370 e. The van der Waals surface area contributed by atoms with Gasteiger partial charge in [-0.2, -0.15) is 0 Å². The molecule has 0 aromatic carbocycles. The molecule has 8 nitrogen and oxygen atoms in total. The van der Waals surface area contributed by atoms with E-state index in [2.05, 4.69) is 25.7 Å². The van der Waals surface area contributed by atoms with Gasteiger partial charge in [0.25, 0.3) is 0 Å². The number of urea groups is 1. The number of carbonyl (C=O) groups is 1. The highest BCUT2D eigenvalue weighted by molar-refractivity contribution is 5.95. The zero-order chi connectivity index (χ0) is 10.1. The number of amides is 2. The van der Waals surface area contributed by atoms with Crippen LogP contribution in [-0.4, -0.2) is 32.1 Å². The Morgan fingerprint density at radius 1 is 1.62 bits per heavy atom. The quantitative estimate of drug-likeness (QED) is 0.137. The molecule has 4 N–H and O–H groups in total. The van der Waals surface area contributed by atoms with E-state index in [9.17, 15) is 4.79 Å². The van der Waals surface area contributed by atoms with Gasteiger partial charge in [0.2, 0.25) is 0 Å². The second kappa shape index (κ2) is 6.74. The predicted octanol–water partition coefficient (Wildman–Crippen LogP) is -0.460. The van der Waals surface area contributed by atoms with E-state index in [-0.39, 0.29) is 19.0 Å². The molecule has 0 atom stereocenters. The Labute approximate surface area is 74.8 Å². The molecule has 13 heavy (non-hydrogen) atoms. The Kier molecular flexibility index (Phi) is 5.73. The van der Waals surface area contributed by atoms with Crippen LogP contribution in [0.25, 0.3) is 10.4 Å². The lowest BCUT2D eigenvalue weighted by Crippen LogP contribution is -2.42. The maximum Gasteiger partial charge on any atom is 0.321 e. The van der Waals surface area contributed by atoms with Crippen LogP contribution in [0.2, 0.25) is 0 Å². The van der Waals surface area contributed by atoms with Gasteiger partial charge in [0.1, 0.15) is 0 Å². The van der Waals surface area contributed by atoms with Crippen molar-refractivity contribution in [2.75, 3.05) is 20.1 Å². The summed E-state index contributed by atoms with van der Waals surface area (Å²) < 4.78 is 0. The highest BCUT2D eigenvalue weighted by Gasteiger charge is 1.96. The summed E-state index contributed by atoms with van der Waals surface area (Å²) in [5, 5.41) is 7.79. The summed E-state index contributed by atoms with van der Waals surface area (Å²) in [6, 6.07) is -0.440. The van der Waals surface area contributed by atoms with Crippen LogP contribution in [0.4, 0.5) is 4.79 Å². The number of nitrogens with one attached hydrogen (secondary N) is 2. The van der Waals surface area contributed by atoms with E-state index in [1.54, 1.807) is 0 Å². The largest absolute Gasteiger partial charge is 0.370 e. The summed E-state index contributed by atoms with van der Waals surface area (Å²) in [6.45, 7) is 0.465. The summed E-state index contributed by atoms with van der Waals surface area (Å²) in [4.78, 5) is 16.9. The van der Waals surface area contributed by atoms with Gasteiger partial charge in [-0.3, -0.25) is 10.3 Å². The van der Waals surface area contributed by atoms with E-state index < -0.39 is 6.03 Å². The number of rotatable bonds is 3. The van der Waals surface area contributed by atoms with Crippen molar-refractivity contribution >= 4 is 12.0 Å². The first-order valence-corrected chi connectivity index (χ1v) is 3.50. The smallest absolute Gasteiger partial charge is 0.321 e. The Morgan fingerprint density at radius 3 is 2.85 bits per heavy atom. The third-order valence-corrected chi connectivity index (χ3v) is 1.01. The van der Waals surface area contributed by atoms with E-state index in [0.717, 1.165) is 0 Å². The molecule has 0 aliphatic heterocycles. The molecule has 0 saturated carbocycles. The van der Waals surface area contributed by atoms with Crippen LogP contribution >= 0.6 is 0 Å². The van der Waals surface area contributed by atoms with Crippen LogP contribution in [0.3, 0.4) is 0 Å². The van der Waals surface area contributed by atoms with Crippen LogP contribution < -0.4 is 16.4 Å². The zero-order valence-electron chi connectivity index (χ0n) is 7.19. The standard InChI is InChI=1S/C5H11N7O/c1-8-5(13)11-4(6)9-2-3-10-12-7/h2-3H2,1H3,(H4,6,8,9,11,13). The summed E-state index contributed by atoms with van der Waals surface area (Å²) in [7, 11) is 1.46. The van der Waals surface area contributed by atoms with E-state index in [0.29, 0.717) is 0 Å². The molecule has 0 aromatic rings. The van der Waals surface area contributed by atoms with Gasteiger partial charge in [0.15, 0.2) is 5.96 Å². The molecular weight excluding hydrogens is 174 g/mol. The highest BCUT2D eigenvalue weighted by atomic mass is 16.2. The van der Waals surface area contributed by atoms with Crippen LogP contribution in [0.1, 0.15) is 0 Å². The van der Waals surface area contributed by atoms with Crippen LogP contribution in [0.15, 0.2) is 10.1 Å². The number of azide groups is 1. The highest BCUT2D eigenvalue weighted by Crippen LogP contribution is 1.74. The second-order valence-corrected chi connectivity index (χ2v) is 1.93. The van der Waals surface area contributed by atoms with E-state index in [4.69, 9.17) is 11.3 Å². The van der Waals surface area contributed by atoms with Crippen LogP contribution in [-0.2, 0) is 0 Å². The summed E-state index contributed by atoms with van der Waals surface area (Å²) in [6.07, 6.45) is 0. The lowest BCUT2D eigenvalue weighted by molar-refractivity contribution is 0.247. The second-order valence-electron chi connectivity index (χ2n) is 1.93. The molecule has 0 spiro atoms. The Morgan fingerprint density at radius 2 is 2.31 bits per heavy atom. The number of carbonyl (C=O) groups excluding carboxylic acids is 1. The van der Waals surface area contributed by atoms with Gasteiger partial charge in [0.05, 0.1) is 0 Å². The van der Waals surface area contributed by atoms with Crippen molar-refractivity contribution in [1.29, 1.82) is 0 Å². The predicted molar refractivity (Wildman–Crippen MR) is 48.1 cm³/mol. The maximum atomic E-state index is 10.6. The van der Waals surface area contributed by atoms with E-state index >= 15 is 0 Å². The van der Waals surface area contributed by atoms with Crippen molar-refractivity contribution < 1.29 is 4.79 Å². The molecule has 72 valence electrons. The van der Waals surface area contributed by atoms with Crippen LogP contribution in [0, 0.1) is 0 Å². The summed E-state index contributed by atoms with van der Waals surface area (Å²) in [5.41, 5.74) is 13.2. The number of guanidine groups is 1. The molecule has 0 saturated heterocycles. The average Bonchev–Trinajstić information content (AvgIpc) is 2.12. The lowest BCUT2D eigenvalue weighted by Gasteiger charge is -2.01. The van der Waals surface area contributed by atoms with Crippen molar-refractivity contribution in [3.05, 3.63) is 10.4 Å². The van der Waals surface area contributed by atoms with Gasteiger partial charge in [-0.15, -0.1) is 0 Å². The number of nitrogens with two attached hydrogens (primary N) is 1. The summed E-state index contributed by atoms with van der Waals surface area (Å²) >= 11 is 0. The minimum atomic E-state index is -0.440. The molecule has 8 heteroatoms. The Bertz CT molecular complexity index is 241. The van der Waals surface area contributed by atoms with Gasteiger partial charge in [-0.05, 0) is 5.53 Å². The Hall–Kier alpha value is -1.95. The van der Waals surface area contributed by atoms with Crippen molar-refractivity contribution in [3.63, 3.8) is 0 Å². The van der Waals surface area contributed by atoms with Gasteiger partial charge in [-0.25, -0.2) is 4.79 Å². The average molecular weight is 185 g/mol. The fourth-order valence-corrected chi connectivity index (χ4v) is 0.478. The number of hydrogen-bond donors (Lipinski definition) is 3. The fourth-order valence-electron chi connectivity index (χ4n) is 0.478. The molecule has 0 fully saturated rings. The number of aliphatic imine (C=N–C) groups is 1. The normalized spacial score (nSPS) is 10.1. The topological polar surface area (TPSA) is 128 Å². The third kappa shape index (κ3) is 6.45. The maximum absolute atomic E-state index is 10.6. The van der Waals surface area contributed by atoms with Crippen molar-refractivity contribution in [3.8, 4) is 0 Å². The molecular formula is C5H11N7O. The van der Waals surface area contributed by atoms with Gasteiger partial charge in [0, 0.05) is 25.0 Å². The SMILES string of the molecule is CNC(=O)NC(N)=NCCN=[N+]=[N-]. The first kappa shape index (κ1) is 11.1. The van der Waals surface area contributed by atoms with E-state index in [1.807, 2.05) is 0 Å². The molecule has 0 rings (SSSR count). The molecule has 0 aromatic heterocycles. The van der Waals surface area contributed by atoms with Crippen LogP contribution in [0.5, 0.6) is 0 Å². The van der Waals surface area contributed by atoms with Gasteiger partial charge < -0.3 is 11.1 Å². The van der Waals surface area contributed by atoms with Crippen molar-refractivity contribution in [2.24, 2.45) is 15.8 Å². The molecule has 0 bridgehead atoms. The number of nitrogens with zero attached hydrogens (tertiary/aromatic N) is 4. The van der Waals surface area contributed by atoms with E-state index in [1.165, 1.54) is 7.05 Å². The Balaban J connectivity index is 3.74. The van der Waals surface area contributed by atoms with Gasteiger partial charge in [-0.1, -0.05) is 5.11 Å². The lowest BCUT2D eigenvalue weighted by atomic mass is 10.7.